The molecule has 3 nitrogen and oxygen atoms in total. The van der Waals surface area contributed by atoms with Crippen molar-refractivity contribution in [2.45, 2.75) is 13.3 Å². The summed E-state index contributed by atoms with van der Waals surface area (Å²) in [6.07, 6.45) is 0.852. The van der Waals surface area contributed by atoms with Crippen LogP contribution in [-0.2, 0) is 11.2 Å². The van der Waals surface area contributed by atoms with E-state index in [1.165, 1.54) is 23.6 Å². The van der Waals surface area contributed by atoms with Gasteiger partial charge in [0.25, 0.3) is 0 Å². The van der Waals surface area contributed by atoms with Gasteiger partial charge in [0.05, 0.1) is 5.69 Å². The minimum absolute atomic E-state index is 0. The van der Waals surface area contributed by atoms with E-state index in [0.29, 0.717) is 10.8 Å². The molecule has 0 heterocycles. The van der Waals surface area contributed by atoms with E-state index < -0.39 is 0 Å². The van der Waals surface area contributed by atoms with Gasteiger partial charge in [-0.1, -0.05) is 30.3 Å². The zero-order chi connectivity index (χ0) is 12.7. The maximum atomic E-state index is 11.1. The molecule has 0 fully saturated rings. The predicted molar refractivity (Wildman–Crippen MR) is 75.4 cm³/mol. The van der Waals surface area contributed by atoms with Gasteiger partial charge in [-0.15, -0.1) is 0 Å². The van der Waals surface area contributed by atoms with Crippen LogP contribution in [0.25, 0.3) is 11.1 Å². The molecule has 2 aromatic rings. The summed E-state index contributed by atoms with van der Waals surface area (Å²) in [7, 11) is 0. The quantitative estimate of drug-likeness (QED) is 0.422. The van der Waals surface area contributed by atoms with Crippen molar-refractivity contribution in [3.8, 4) is 11.1 Å². The molecule has 0 spiro atoms. The van der Waals surface area contributed by atoms with Gasteiger partial charge in [0.15, 0.2) is 0 Å². The van der Waals surface area contributed by atoms with Crippen LogP contribution in [0.4, 0.5) is 5.69 Å². The van der Waals surface area contributed by atoms with Gasteiger partial charge in [-0.3, -0.25) is 10.0 Å². The monoisotopic (exact) mass is 278 g/mol. The Labute approximate surface area is 154 Å². The van der Waals surface area contributed by atoms with Crippen LogP contribution in [0.3, 0.4) is 0 Å². The Hall–Kier alpha value is -0.494. The third kappa shape index (κ3) is 2.70. The molecule has 0 unspecified atom stereocenters. The van der Waals surface area contributed by atoms with Crippen LogP contribution in [0.5, 0.6) is 0 Å². The molecule has 3 rings (SSSR count). The number of nitrogens with zero attached hydrogens (tertiary/aromatic N) is 1. The fourth-order valence-corrected chi connectivity index (χ4v) is 2.45. The first-order valence-electron chi connectivity index (χ1n) is 5.87. The molecule has 0 saturated carbocycles. The number of carbonyl (C=O) groups is 1. The Kier molecular flexibility index (Phi) is 4.60. The second-order valence-corrected chi connectivity index (χ2v) is 4.51. The standard InChI is InChI=1S/C15H13NO2.K/c1-10(17)16(18)13-6-7-15-12(9-13)8-11-4-2-3-5-14(11)15;/h2-7,9,18H,8H2,1H3;. The van der Waals surface area contributed by atoms with Crippen molar-refractivity contribution in [3.63, 3.8) is 0 Å². The number of fused-ring (bicyclic) bond motifs is 3. The molecule has 0 atom stereocenters. The van der Waals surface area contributed by atoms with Crippen LogP contribution < -0.4 is 5.06 Å². The van der Waals surface area contributed by atoms with E-state index in [1.807, 2.05) is 24.3 Å². The number of hydrogen-bond acceptors (Lipinski definition) is 2. The van der Waals surface area contributed by atoms with Gasteiger partial charge in [-0.05, 0) is 40.8 Å². The summed E-state index contributed by atoms with van der Waals surface area (Å²) in [5, 5.41) is 10.3. The van der Waals surface area contributed by atoms with Crippen molar-refractivity contribution in [2.24, 2.45) is 0 Å². The van der Waals surface area contributed by atoms with Crippen LogP contribution in [0, 0.1) is 0 Å². The summed E-state index contributed by atoms with van der Waals surface area (Å²) >= 11 is 0. The Bertz CT molecular complexity index is 640. The van der Waals surface area contributed by atoms with Gasteiger partial charge >= 0.3 is 0 Å². The second kappa shape index (κ2) is 5.87. The number of benzene rings is 2. The van der Waals surface area contributed by atoms with E-state index in [0.717, 1.165) is 12.0 Å². The molecule has 0 saturated heterocycles. The van der Waals surface area contributed by atoms with Crippen LogP contribution in [0.15, 0.2) is 42.5 Å². The average Bonchev–Trinajstić information content (AvgIpc) is 2.75. The van der Waals surface area contributed by atoms with E-state index in [1.54, 1.807) is 6.07 Å². The summed E-state index contributed by atoms with van der Waals surface area (Å²) in [4.78, 5) is 11.1. The Morgan fingerprint density at radius 1 is 1.11 bits per heavy atom. The Morgan fingerprint density at radius 3 is 2.53 bits per heavy atom. The van der Waals surface area contributed by atoms with Gasteiger partial charge in [-0.2, -0.15) is 5.06 Å². The molecule has 1 aliphatic rings. The van der Waals surface area contributed by atoms with Crippen LogP contribution in [0.2, 0.25) is 0 Å². The normalized spacial score (nSPS) is 11.3. The third-order valence-corrected chi connectivity index (χ3v) is 3.32. The predicted octanol–water partition coefficient (Wildman–Crippen LogP) is 2.62. The van der Waals surface area contributed by atoms with E-state index in [2.05, 4.69) is 12.1 Å². The van der Waals surface area contributed by atoms with E-state index in [9.17, 15) is 10.0 Å². The van der Waals surface area contributed by atoms with Gasteiger partial charge in [0, 0.05) is 58.3 Å². The Morgan fingerprint density at radius 2 is 1.79 bits per heavy atom. The SMILES string of the molecule is CC(=O)N(O)c1ccc2c(c1)Cc1ccccc1-2.[K]. The molecule has 91 valence electrons. The summed E-state index contributed by atoms with van der Waals surface area (Å²) in [6, 6.07) is 13.9. The largest absolute Gasteiger partial charge is 0.281 e. The molecule has 1 amide bonds. The first kappa shape index (κ1) is 14.9. The molecule has 1 radical (unpaired) electrons. The maximum Gasteiger partial charge on any atom is 0.247 e. The van der Waals surface area contributed by atoms with Crippen molar-refractivity contribution >= 4 is 63.0 Å². The fourth-order valence-electron chi connectivity index (χ4n) is 2.45. The van der Waals surface area contributed by atoms with Crippen molar-refractivity contribution in [1.29, 1.82) is 0 Å². The average molecular weight is 278 g/mol. The van der Waals surface area contributed by atoms with E-state index in [-0.39, 0.29) is 57.3 Å². The molecule has 1 aliphatic carbocycles. The fraction of sp³-hybridized carbons (Fsp3) is 0.133. The second-order valence-electron chi connectivity index (χ2n) is 4.51. The molecule has 1 N–H and O–H groups in total. The van der Waals surface area contributed by atoms with Crippen molar-refractivity contribution in [2.75, 3.05) is 5.06 Å². The molecular weight excluding hydrogens is 265 g/mol. The van der Waals surface area contributed by atoms with Crippen LogP contribution in [-0.4, -0.2) is 62.5 Å². The number of hydrogen-bond donors (Lipinski definition) is 1. The molecule has 0 bridgehead atoms. The smallest absolute Gasteiger partial charge is 0.247 e. The number of carbonyl (C=O) groups excluding carboxylic acids is 1. The zero-order valence-corrected chi connectivity index (χ0v) is 14.2. The van der Waals surface area contributed by atoms with Gasteiger partial charge in [0.2, 0.25) is 5.91 Å². The van der Waals surface area contributed by atoms with Gasteiger partial charge in [-0.25, -0.2) is 0 Å². The first-order chi connectivity index (χ1) is 8.66. The summed E-state index contributed by atoms with van der Waals surface area (Å²) < 4.78 is 0. The summed E-state index contributed by atoms with van der Waals surface area (Å²) in [5.41, 5.74) is 5.39. The number of amides is 1. The van der Waals surface area contributed by atoms with Gasteiger partial charge < -0.3 is 0 Å². The van der Waals surface area contributed by atoms with E-state index in [4.69, 9.17) is 0 Å². The Balaban J connectivity index is 0.00000133. The molecule has 0 aromatic heterocycles. The van der Waals surface area contributed by atoms with Gasteiger partial charge in [0.1, 0.15) is 0 Å². The molecule has 4 heteroatoms. The first-order valence-corrected chi connectivity index (χ1v) is 5.87. The molecular formula is C15H13KNO2. The van der Waals surface area contributed by atoms with Crippen molar-refractivity contribution < 1.29 is 10.0 Å². The third-order valence-electron chi connectivity index (χ3n) is 3.32. The minimum atomic E-state index is -0.384. The topological polar surface area (TPSA) is 40.5 Å². The number of anilines is 1. The van der Waals surface area contributed by atoms with Crippen molar-refractivity contribution in [3.05, 3.63) is 53.6 Å². The number of rotatable bonds is 1. The molecule has 0 aliphatic heterocycles. The van der Waals surface area contributed by atoms with Crippen LogP contribution in [0.1, 0.15) is 18.1 Å². The summed E-state index contributed by atoms with van der Waals surface area (Å²) in [5.74, 6) is -0.384. The number of hydroxylamine groups is 1. The molecule has 19 heavy (non-hydrogen) atoms. The molecule has 2 aromatic carbocycles. The van der Waals surface area contributed by atoms with Crippen molar-refractivity contribution in [1.82, 2.24) is 0 Å². The van der Waals surface area contributed by atoms with Crippen LogP contribution >= 0.6 is 0 Å². The minimum Gasteiger partial charge on any atom is -0.281 e. The maximum absolute atomic E-state index is 11.1. The summed E-state index contributed by atoms with van der Waals surface area (Å²) in [6.45, 7) is 1.34. The van der Waals surface area contributed by atoms with E-state index >= 15 is 0 Å². The zero-order valence-electron chi connectivity index (χ0n) is 11.1.